The molecule has 0 bridgehead atoms. The van der Waals surface area contributed by atoms with Gasteiger partial charge in [0.15, 0.2) is 5.78 Å². The van der Waals surface area contributed by atoms with Gasteiger partial charge in [-0.25, -0.2) is 0 Å². The Labute approximate surface area is 99.8 Å². The first kappa shape index (κ1) is 11.1. The van der Waals surface area contributed by atoms with Crippen molar-refractivity contribution in [1.82, 2.24) is 0 Å². The molecule has 0 saturated carbocycles. The number of ketones is 1. The third-order valence-corrected chi connectivity index (χ3v) is 2.50. The third kappa shape index (κ3) is 2.59. The van der Waals surface area contributed by atoms with Crippen molar-refractivity contribution in [3.8, 4) is 6.07 Å². The fourth-order valence-corrected chi connectivity index (χ4v) is 1.65. The zero-order chi connectivity index (χ0) is 12.3. The van der Waals surface area contributed by atoms with Gasteiger partial charge in [-0.1, -0.05) is 24.3 Å². The first-order valence-electron chi connectivity index (χ1n) is 5.31. The first-order valence-corrected chi connectivity index (χ1v) is 5.31. The molecule has 0 radical (unpaired) electrons. The maximum absolute atomic E-state index is 10.8. The Morgan fingerprint density at radius 3 is 2.59 bits per heavy atom. The van der Waals surface area contributed by atoms with Gasteiger partial charge in [0.05, 0.1) is 11.6 Å². The molecule has 2 aromatic carbocycles. The van der Waals surface area contributed by atoms with Crippen LogP contribution in [0.3, 0.4) is 0 Å². The van der Waals surface area contributed by atoms with Gasteiger partial charge < -0.3 is 0 Å². The normalized spacial score (nSPS) is 10.6. The molecule has 2 heteroatoms. The summed E-state index contributed by atoms with van der Waals surface area (Å²) in [5.74, 6) is 0.0323. The number of carbonyl (C=O) groups is 1. The van der Waals surface area contributed by atoms with Crippen molar-refractivity contribution in [1.29, 1.82) is 5.26 Å². The van der Waals surface area contributed by atoms with E-state index in [9.17, 15) is 4.79 Å². The second-order valence-corrected chi connectivity index (χ2v) is 3.88. The number of fused-ring (bicyclic) bond motifs is 1. The van der Waals surface area contributed by atoms with Gasteiger partial charge in [-0.3, -0.25) is 4.79 Å². The van der Waals surface area contributed by atoms with Gasteiger partial charge in [0.25, 0.3) is 0 Å². The van der Waals surface area contributed by atoms with E-state index in [1.165, 1.54) is 6.92 Å². The highest BCUT2D eigenvalue weighted by molar-refractivity contribution is 5.92. The van der Waals surface area contributed by atoms with Crippen molar-refractivity contribution in [2.75, 3.05) is 0 Å². The summed E-state index contributed by atoms with van der Waals surface area (Å²) in [4.78, 5) is 10.8. The second kappa shape index (κ2) is 4.63. The van der Waals surface area contributed by atoms with E-state index in [-0.39, 0.29) is 5.78 Å². The summed E-state index contributed by atoms with van der Waals surface area (Å²) in [5, 5.41) is 10.9. The molecule has 0 aromatic heterocycles. The predicted octanol–water partition coefficient (Wildman–Crippen LogP) is 3.31. The molecule has 2 nitrogen and oxygen atoms in total. The van der Waals surface area contributed by atoms with Gasteiger partial charge in [0.1, 0.15) is 0 Å². The van der Waals surface area contributed by atoms with Gasteiger partial charge in [-0.15, -0.1) is 0 Å². The fraction of sp³-hybridized carbons (Fsp3) is 0.0667. The standard InChI is InChI=1S/C15H11NO/c1-11(17)2-3-12-4-6-15-9-13(10-16)5-7-14(15)8-12/h2-9H,1H3. The second-order valence-electron chi connectivity index (χ2n) is 3.88. The highest BCUT2D eigenvalue weighted by Crippen LogP contribution is 2.18. The molecule has 0 aliphatic carbocycles. The smallest absolute Gasteiger partial charge is 0.152 e. The van der Waals surface area contributed by atoms with Crippen molar-refractivity contribution in [3.05, 3.63) is 53.6 Å². The highest BCUT2D eigenvalue weighted by Gasteiger charge is 1.96. The molecule has 0 amide bonds. The van der Waals surface area contributed by atoms with Crippen molar-refractivity contribution in [2.45, 2.75) is 6.92 Å². The van der Waals surface area contributed by atoms with E-state index in [1.54, 1.807) is 18.2 Å². The van der Waals surface area contributed by atoms with E-state index in [2.05, 4.69) is 6.07 Å². The van der Waals surface area contributed by atoms with Crippen LogP contribution in [0.1, 0.15) is 18.1 Å². The van der Waals surface area contributed by atoms with Crippen LogP contribution in [0.15, 0.2) is 42.5 Å². The summed E-state index contributed by atoms with van der Waals surface area (Å²) in [5.41, 5.74) is 1.64. The lowest BCUT2D eigenvalue weighted by atomic mass is 10.0. The molecule has 0 aliphatic heterocycles. The molecule has 0 heterocycles. The van der Waals surface area contributed by atoms with Crippen LogP contribution in [0.25, 0.3) is 16.8 Å². The Bertz CT molecular complexity index is 648. The molecular formula is C15H11NO. The summed E-state index contributed by atoms with van der Waals surface area (Å²) in [7, 11) is 0. The number of hydrogen-bond donors (Lipinski definition) is 0. The van der Waals surface area contributed by atoms with Crippen LogP contribution in [-0.2, 0) is 4.79 Å². The summed E-state index contributed by atoms with van der Waals surface area (Å²) < 4.78 is 0. The van der Waals surface area contributed by atoms with Crippen LogP contribution in [0.4, 0.5) is 0 Å². The Hall–Kier alpha value is -2.40. The molecule has 0 N–H and O–H groups in total. The zero-order valence-corrected chi connectivity index (χ0v) is 9.47. The maximum Gasteiger partial charge on any atom is 0.152 e. The Morgan fingerprint density at radius 1 is 1.18 bits per heavy atom. The van der Waals surface area contributed by atoms with Gasteiger partial charge in [0.2, 0.25) is 0 Å². The lowest BCUT2D eigenvalue weighted by molar-refractivity contribution is -0.112. The van der Waals surface area contributed by atoms with E-state index in [0.29, 0.717) is 5.56 Å². The largest absolute Gasteiger partial charge is 0.295 e. The van der Waals surface area contributed by atoms with E-state index in [4.69, 9.17) is 5.26 Å². The topological polar surface area (TPSA) is 40.9 Å². The van der Waals surface area contributed by atoms with Crippen LogP contribution in [0.2, 0.25) is 0 Å². The van der Waals surface area contributed by atoms with E-state index < -0.39 is 0 Å². The SMILES string of the molecule is CC(=O)C=Cc1ccc2cc(C#N)ccc2c1. The van der Waals surface area contributed by atoms with Crippen LogP contribution in [0, 0.1) is 11.3 Å². The maximum atomic E-state index is 10.8. The van der Waals surface area contributed by atoms with Crippen LogP contribution in [0.5, 0.6) is 0 Å². The monoisotopic (exact) mass is 221 g/mol. The minimum atomic E-state index is 0.0323. The van der Waals surface area contributed by atoms with E-state index in [0.717, 1.165) is 16.3 Å². The summed E-state index contributed by atoms with van der Waals surface area (Å²) >= 11 is 0. The molecule has 0 atom stereocenters. The number of rotatable bonds is 2. The number of nitriles is 1. The van der Waals surface area contributed by atoms with Gasteiger partial charge in [-0.2, -0.15) is 5.26 Å². The molecule has 0 fully saturated rings. The quantitative estimate of drug-likeness (QED) is 0.730. The number of hydrogen-bond acceptors (Lipinski definition) is 2. The van der Waals surface area contributed by atoms with E-state index in [1.807, 2.05) is 30.3 Å². The molecule has 0 unspecified atom stereocenters. The van der Waals surface area contributed by atoms with Crippen molar-refractivity contribution in [2.24, 2.45) is 0 Å². The molecule has 0 spiro atoms. The summed E-state index contributed by atoms with van der Waals surface area (Å²) in [6, 6.07) is 13.6. The minimum absolute atomic E-state index is 0.0323. The fourth-order valence-electron chi connectivity index (χ4n) is 1.65. The van der Waals surface area contributed by atoms with Crippen molar-refractivity contribution >= 4 is 22.6 Å². The molecule has 82 valence electrons. The molecule has 0 aliphatic rings. The van der Waals surface area contributed by atoms with Crippen LogP contribution in [-0.4, -0.2) is 5.78 Å². The Kier molecular flexibility index (Phi) is 3.02. The third-order valence-electron chi connectivity index (χ3n) is 2.50. The van der Waals surface area contributed by atoms with Crippen molar-refractivity contribution in [3.63, 3.8) is 0 Å². The van der Waals surface area contributed by atoms with Crippen LogP contribution < -0.4 is 0 Å². The van der Waals surface area contributed by atoms with Crippen molar-refractivity contribution < 1.29 is 4.79 Å². The van der Waals surface area contributed by atoms with Gasteiger partial charge in [0, 0.05) is 0 Å². The Morgan fingerprint density at radius 2 is 1.88 bits per heavy atom. The average molecular weight is 221 g/mol. The Balaban J connectivity index is 2.45. The molecule has 2 rings (SSSR count). The summed E-state index contributed by atoms with van der Waals surface area (Å²) in [6.07, 6.45) is 3.34. The zero-order valence-electron chi connectivity index (χ0n) is 9.47. The van der Waals surface area contributed by atoms with Crippen LogP contribution >= 0.6 is 0 Å². The average Bonchev–Trinajstić information content (AvgIpc) is 2.35. The first-order chi connectivity index (χ1) is 8.19. The number of benzene rings is 2. The molecule has 0 saturated heterocycles. The van der Waals surface area contributed by atoms with Gasteiger partial charge in [-0.05, 0) is 47.5 Å². The van der Waals surface area contributed by atoms with E-state index >= 15 is 0 Å². The lowest BCUT2D eigenvalue weighted by Gasteiger charge is -2.00. The predicted molar refractivity (Wildman–Crippen MR) is 68.4 cm³/mol. The molecule has 17 heavy (non-hydrogen) atoms. The summed E-state index contributed by atoms with van der Waals surface area (Å²) in [6.45, 7) is 1.52. The van der Waals surface area contributed by atoms with Gasteiger partial charge >= 0.3 is 0 Å². The molecule has 2 aromatic rings. The lowest BCUT2D eigenvalue weighted by Crippen LogP contribution is -1.81. The number of carbonyl (C=O) groups excluding carboxylic acids is 1. The highest BCUT2D eigenvalue weighted by atomic mass is 16.1. The molecular weight excluding hydrogens is 210 g/mol. The minimum Gasteiger partial charge on any atom is -0.295 e. The number of nitrogens with zero attached hydrogens (tertiary/aromatic N) is 1. The number of allylic oxidation sites excluding steroid dienone is 1.